The first-order chi connectivity index (χ1) is 9.73. The quantitative estimate of drug-likeness (QED) is 0.596. The molecular formula is C13H17FN2O4S. The molecule has 1 fully saturated rings. The zero-order valence-corrected chi connectivity index (χ0v) is 12.6. The van der Waals surface area contributed by atoms with Crippen LogP contribution in [0.5, 0.6) is 0 Å². The molecule has 0 heterocycles. The van der Waals surface area contributed by atoms with E-state index in [-0.39, 0.29) is 16.9 Å². The first-order valence-electron chi connectivity index (χ1n) is 6.69. The van der Waals surface area contributed by atoms with Crippen LogP contribution in [0.15, 0.2) is 23.1 Å². The Morgan fingerprint density at radius 2 is 2.05 bits per heavy atom. The van der Waals surface area contributed by atoms with Crippen molar-refractivity contribution < 1.29 is 17.7 Å². The van der Waals surface area contributed by atoms with Crippen molar-refractivity contribution in [1.29, 1.82) is 0 Å². The van der Waals surface area contributed by atoms with Gasteiger partial charge < -0.3 is 0 Å². The molecule has 0 unspecified atom stereocenters. The second-order valence-electron chi connectivity index (χ2n) is 5.57. The highest BCUT2D eigenvalue weighted by Gasteiger charge is 2.38. The van der Waals surface area contributed by atoms with Crippen molar-refractivity contribution in [1.82, 2.24) is 4.31 Å². The number of nitro groups is 1. The van der Waals surface area contributed by atoms with Crippen LogP contribution in [0.4, 0.5) is 10.1 Å². The third-order valence-corrected chi connectivity index (χ3v) is 5.14. The van der Waals surface area contributed by atoms with Gasteiger partial charge in [0.25, 0.3) is 0 Å². The lowest BCUT2D eigenvalue weighted by atomic mass is 10.2. The smallest absolute Gasteiger partial charge is 0.258 e. The fourth-order valence-corrected chi connectivity index (χ4v) is 3.96. The van der Waals surface area contributed by atoms with Crippen LogP contribution in [0, 0.1) is 21.8 Å². The van der Waals surface area contributed by atoms with Gasteiger partial charge in [-0.25, -0.2) is 8.42 Å². The van der Waals surface area contributed by atoms with Crippen molar-refractivity contribution in [3.8, 4) is 0 Å². The van der Waals surface area contributed by atoms with E-state index in [0.717, 1.165) is 31.0 Å². The minimum Gasteiger partial charge on any atom is -0.258 e. The van der Waals surface area contributed by atoms with Gasteiger partial charge in [-0.2, -0.15) is 8.70 Å². The van der Waals surface area contributed by atoms with E-state index in [2.05, 4.69) is 0 Å². The van der Waals surface area contributed by atoms with Crippen LogP contribution in [-0.4, -0.2) is 30.2 Å². The van der Waals surface area contributed by atoms with Crippen molar-refractivity contribution in [3.05, 3.63) is 34.1 Å². The Hall–Kier alpha value is -1.54. The van der Waals surface area contributed by atoms with Crippen LogP contribution >= 0.6 is 0 Å². The molecule has 0 spiro atoms. The minimum absolute atomic E-state index is 0.0457. The van der Waals surface area contributed by atoms with Crippen LogP contribution in [0.25, 0.3) is 0 Å². The van der Waals surface area contributed by atoms with Crippen LogP contribution in [0.1, 0.15) is 26.7 Å². The highest BCUT2D eigenvalue weighted by molar-refractivity contribution is 7.89. The molecular weight excluding hydrogens is 299 g/mol. The molecule has 0 atom stereocenters. The normalized spacial score (nSPS) is 15.7. The van der Waals surface area contributed by atoms with E-state index in [4.69, 9.17) is 0 Å². The van der Waals surface area contributed by atoms with E-state index in [9.17, 15) is 22.9 Å². The van der Waals surface area contributed by atoms with Gasteiger partial charge in [0, 0.05) is 24.7 Å². The SMILES string of the molecule is CC(C)CN(C1CC1)S(=O)(=O)c1ccc([N+](=O)[O-])c(F)c1. The molecule has 0 radical (unpaired) electrons. The largest absolute Gasteiger partial charge is 0.304 e. The van der Waals surface area contributed by atoms with Gasteiger partial charge in [-0.05, 0) is 24.8 Å². The van der Waals surface area contributed by atoms with Crippen molar-refractivity contribution in [2.45, 2.75) is 37.6 Å². The molecule has 1 aromatic carbocycles. The Kier molecular flexibility index (Phi) is 4.29. The molecule has 0 N–H and O–H groups in total. The number of hydrogen-bond donors (Lipinski definition) is 0. The highest BCUT2D eigenvalue weighted by atomic mass is 32.2. The fraction of sp³-hybridized carbons (Fsp3) is 0.538. The predicted octanol–water partition coefficient (Wildman–Crippen LogP) is 2.54. The summed E-state index contributed by atoms with van der Waals surface area (Å²) in [6.45, 7) is 4.16. The number of benzene rings is 1. The van der Waals surface area contributed by atoms with Crippen LogP contribution in [-0.2, 0) is 10.0 Å². The van der Waals surface area contributed by atoms with Gasteiger partial charge in [0.15, 0.2) is 0 Å². The monoisotopic (exact) mass is 316 g/mol. The Morgan fingerprint density at radius 3 is 2.48 bits per heavy atom. The van der Waals surface area contributed by atoms with E-state index in [1.54, 1.807) is 0 Å². The molecule has 1 aliphatic carbocycles. The average Bonchev–Trinajstić information content (AvgIpc) is 3.19. The maximum atomic E-state index is 13.6. The molecule has 8 heteroatoms. The lowest BCUT2D eigenvalue weighted by Crippen LogP contribution is -2.36. The van der Waals surface area contributed by atoms with Crippen LogP contribution in [0.2, 0.25) is 0 Å². The molecule has 0 aromatic heterocycles. The maximum absolute atomic E-state index is 13.6. The number of nitrogens with zero attached hydrogens (tertiary/aromatic N) is 2. The summed E-state index contributed by atoms with van der Waals surface area (Å²) in [6, 6.07) is 2.66. The molecule has 2 rings (SSSR count). The summed E-state index contributed by atoms with van der Waals surface area (Å²) < 4.78 is 40.2. The van der Waals surface area contributed by atoms with Crippen LogP contribution < -0.4 is 0 Å². The standard InChI is InChI=1S/C13H17FN2O4S/c1-9(2)8-15(10-3-4-10)21(19,20)11-5-6-13(16(17)18)12(14)7-11/h5-7,9-10H,3-4,8H2,1-2H3. The summed E-state index contributed by atoms with van der Waals surface area (Å²) in [5.41, 5.74) is -0.726. The highest BCUT2D eigenvalue weighted by Crippen LogP contribution is 2.33. The number of halogens is 1. The third-order valence-electron chi connectivity index (χ3n) is 3.22. The van der Waals surface area contributed by atoms with Gasteiger partial charge in [0.2, 0.25) is 15.8 Å². The second kappa shape index (κ2) is 5.69. The molecule has 1 aromatic rings. The van der Waals surface area contributed by atoms with Crippen molar-refractivity contribution in [2.75, 3.05) is 6.54 Å². The van der Waals surface area contributed by atoms with E-state index in [1.165, 1.54) is 4.31 Å². The number of rotatable bonds is 6. The molecule has 116 valence electrons. The number of sulfonamides is 1. The van der Waals surface area contributed by atoms with Gasteiger partial charge in [-0.1, -0.05) is 13.8 Å². The van der Waals surface area contributed by atoms with Crippen molar-refractivity contribution >= 4 is 15.7 Å². The summed E-state index contributed by atoms with van der Waals surface area (Å²) in [6.07, 6.45) is 1.59. The Bertz CT molecular complexity index is 656. The lowest BCUT2D eigenvalue weighted by molar-refractivity contribution is -0.387. The summed E-state index contributed by atoms with van der Waals surface area (Å²) in [7, 11) is -3.83. The van der Waals surface area contributed by atoms with Crippen molar-refractivity contribution in [3.63, 3.8) is 0 Å². The molecule has 0 aliphatic heterocycles. The second-order valence-corrected chi connectivity index (χ2v) is 7.46. The van der Waals surface area contributed by atoms with Gasteiger partial charge in [0.05, 0.1) is 9.82 Å². The summed E-state index contributed by atoms with van der Waals surface area (Å²) >= 11 is 0. The fourth-order valence-electron chi connectivity index (χ4n) is 2.10. The van der Waals surface area contributed by atoms with Gasteiger partial charge >= 0.3 is 5.69 Å². The van der Waals surface area contributed by atoms with E-state index < -0.39 is 26.5 Å². The number of hydrogen-bond acceptors (Lipinski definition) is 4. The summed E-state index contributed by atoms with van der Waals surface area (Å²) in [5, 5.41) is 10.6. The number of nitro benzene ring substituents is 1. The van der Waals surface area contributed by atoms with E-state index in [1.807, 2.05) is 13.8 Å². The molecule has 0 saturated heterocycles. The Morgan fingerprint density at radius 1 is 1.43 bits per heavy atom. The molecule has 0 bridgehead atoms. The lowest BCUT2D eigenvalue weighted by Gasteiger charge is -2.23. The predicted molar refractivity (Wildman–Crippen MR) is 74.8 cm³/mol. The maximum Gasteiger partial charge on any atom is 0.304 e. The van der Waals surface area contributed by atoms with Gasteiger partial charge in [-0.3, -0.25) is 10.1 Å². The zero-order chi connectivity index (χ0) is 15.8. The minimum atomic E-state index is -3.83. The Balaban J connectivity index is 2.38. The van der Waals surface area contributed by atoms with Crippen LogP contribution in [0.3, 0.4) is 0 Å². The van der Waals surface area contributed by atoms with Gasteiger partial charge in [-0.15, -0.1) is 0 Å². The third kappa shape index (κ3) is 3.38. The topological polar surface area (TPSA) is 80.5 Å². The zero-order valence-electron chi connectivity index (χ0n) is 11.8. The molecule has 1 aliphatic rings. The first-order valence-corrected chi connectivity index (χ1v) is 8.13. The summed E-state index contributed by atoms with van der Waals surface area (Å²) in [5.74, 6) is -0.996. The van der Waals surface area contributed by atoms with Gasteiger partial charge in [0.1, 0.15) is 0 Å². The average molecular weight is 316 g/mol. The van der Waals surface area contributed by atoms with E-state index in [0.29, 0.717) is 6.54 Å². The molecule has 21 heavy (non-hydrogen) atoms. The first kappa shape index (κ1) is 15.8. The molecule has 0 amide bonds. The summed E-state index contributed by atoms with van der Waals surface area (Å²) in [4.78, 5) is 9.47. The molecule has 1 saturated carbocycles. The van der Waals surface area contributed by atoms with E-state index >= 15 is 0 Å². The Labute approximate surface area is 122 Å². The molecule has 6 nitrogen and oxygen atoms in total. The van der Waals surface area contributed by atoms with Crippen molar-refractivity contribution in [2.24, 2.45) is 5.92 Å².